The number of aromatic nitrogens is 4. The summed E-state index contributed by atoms with van der Waals surface area (Å²) in [5, 5.41) is 12.6. The van der Waals surface area contributed by atoms with Crippen molar-refractivity contribution in [2.24, 2.45) is 0 Å². The number of fused-ring (bicyclic) bond motifs is 1. The van der Waals surface area contributed by atoms with E-state index in [4.69, 9.17) is 0 Å². The fourth-order valence-corrected chi connectivity index (χ4v) is 3.26. The topological polar surface area (TPSA) is 63.9 Å². The lowest BCUT2D eigenvalue weighted by atomic mass is 10.2. The summed E-state index contributed by atoms with van der Waals surface area (Å²) in [6, 6.07) is 15.2. The Morgan fingerprint density at radius 1 is 1.16 bits per heavy atom. The van der Waals surface area contributed by atoms with Crippen molar-refractivity contribution in [1.82, 2.24) is 20.2 Å². The Kier molecular flexibility index (Phi) is 4.09. The molecule has 2 aromatic carbocycles. The number of halogens is 1. The van der Waals surface area contributed by atoms with E-state index in [0.29, 0.717) is 12.4 Å². The van der Waals surface area contributed by atoms with E-state index in [1.54, 1.807) is 6.92 Å². The van der Waals surface area contributed by atoms with Crippen molar-refractivity contribution in [2.75, 3.05) is 11.4 Å². The predicted octanol–water partition coefficient (Wildman–Crippen LogP) is 3.25. The summed E-state index contributed by atoms with van der Waals surface area (Å²) in [6.07, 6.45) is 0.879. The van der Waals surface area contributed by atoms with Crippen molar-refractivity contribution in [3.8, 4) is 11.4 Å². The number of carbonyl (C=O) groups is 1. The molecule has 3 aromatic rings. The first-order valence-electron chi connectivity index (χ1n) is 8.08. The van der Waals surface area contributed by atoms with Gasteiger partial charge in [-0.05, 0) is 54.5 Å². The van der Waals surface area contributed by atoms with E-state index in [2.05, 4.69) is 37.4 Å². The van der Waals surface area contributed by atoms with Crippen LogP contribution in [-0.2, 0) is 11.2 Å². The molecule has 1 unspecified atom stereocenters. The van der Waals surface area contributed by atoms with Gasteiger partial charge in [-0.2, -0.15) is 4.80 Å². The molecule has 1 atom stereocenters. The summed E-state index contributed by atoms with van der Waals surface area (Å²) in [5.74, 6) is 0.485. The number of amides is 1. The molecule has 0 radical (unpaired) electrons. The Bertz CT molecular complexity index is 921. The summed E-state index contributed by atoms with van der Waals surface area (Å²) in [6.45, 7) is 2.49. The van der Waals surface area contributed by atoms with Crippen molar-refractivity contribution in [3.05, 3.63) is 58.6 Å². The van der Waals surface area contributed by atoms with Gasteiger partial charge in [0.15, 0.2) is 0 Å². The van der Waals surface area contributed by atoms with Gasteiger partial charge in [0, 0.05) is 22.3 Å². The van der Waals surface area contributed by atoms with Crippen LogP contribution in [0.2, 0.25) is 0 Å². The number of nitrogens with zero attached hydrogens (tertiary/aromatic N) is 5. The van der Waals surface area contributed by atoms with E-state index in [9.17, 15) is 4.79 Å². The Morgan fingerprint density at radius 2 is 1.92 bits per heavy atom. The van der Waals surface area contributed by atoms with Crippen LogP contribution in [0.15, 0.2) is 53.0 Å². The zero-order valence-corrected chi connectivity index (χ0v) is 15.2. The number of anilines is 1. The number of hydrogen-bond donors (Lipinski definition) is 0. The molecule has 1 aromatic heterocycles. The maximum atomic E-state index is 12.9. The highest BCUT2D eigenvalue weighted by atomic mass is 79.9. The van der Waals surface area contributed by atoms with Gasteiger partial charge in [-0.25, -0.2) is 0 Å². The van der Waals surface area contributed by atoms with Gasteiger partial charge in [0.1, 0.15) is 6.04 Å². The SMILES string of the molecule is CC(C(=O)N1CCc2ccccc21)n1nnc(-c2ccc(Br)cc2)n1. The molecule has 0 N–H and O–H groups in total. The molecule has 1 aliphatic rings. The Balaban J connectivity index is 1.56. The van der Waals surface area contributed by atoms with Crippen molar-refractivity contribution in [3.63, 3.8) is 0 Å². The highest BCUT2D eigenvalue weighted by Crippen LogP contribution is 2.29. The fourth-order valence-electron chi connectivity index (χ4n) is 3.00. The second kappa shape index (κ2) is 6.40. The van der Waals surface area contributed by atoms with Gasteiger partial charge in [0.2, 0.25) is 5.82 Å². The molecule has 0 aliphatic carbocycles. The quantitative estimate of drug-likeness (QED) is 0.680. The molecule has 0 fully saturated rings. The molecule has 25 heavy (non-hydrogen) atoms. The number of tetrazole rings is 1. The summed E-state index contributed by atoms with van der Waals surface area (Å²) >= 11 is 3.40. The minimum Gasteiger partial charge on any atom is -0.310 e. The standard InChI is InChI=1S/C18H16BrN5O/c1-12(18(25)23-11-10-13-4-2-3-5-16(13)23)24-21-17(20-22-24)14-6-8-15(19)9-7-14/h2-9,12H,10-11H2,1H3. The molecule has 6 nitrogen and oxygen atoms in total. The molecule has 1 amide bonds. The van der Waals surface area contributed by atoms with Crippen LogP contribution >= 0.6 is 15.9 Å². The summed E-state index contributed by atoms with van der Waals surface area (Å²) in [7, 11) is 0. The lowest BCUT2D eigenvalue weighted by molar-refractivity contribution is -0.121. The Morgan fingerprint density at radius 3 is 2.72 bits per heavy atom. The largest absolute Gasteiger partial charge is 0.310 e. The first kappa shape index (κ1) is 16.0. The third-order valence-electron chi connectivity index (χ3n) is 4.39. The van der Waals surface area contributed by atoms with Gasteiger partial charge >= 0.3 is 0 Å². The number of para-hydroxylation sites is 1. The maximum Gasteiger partial charge on any atom is 0.253 e. The fraction of sp³-hybridized carbons (Fsp3) is 0.222. The summed E-state index contributed by atoms with van der Waals surface area (Å²) < 4.78 is 0.986. The molecule has 0 bridgehead atoms. The molecule has 4 rings (SSSR count). The average Bonchev–Trinajstić information content (AvgIpc) is 3.28. The van der Waals surface area contributed by atoms with Crippen LogP contribution in [0.25, 0.3) is 11.4 Å². The van der Waals surface area contributed by atoms with Gasteiger partial charge in [-0.15, -0.1) is 10.2 Å². The minimum atomic E-state index is -0.511. The molecule has 126 valence electrons. The molecule has 0 saturated carbocycles. The van der Waals surface area contributed by atoms with E-state index in [1.165, 1.54) is 10.4 Å². The van der Waals surface area contributed by atoms with Gasteiger partial charge in [-0.3, -0.25) is 4.79 Å². The predicted molar refractivity (Wildman–Crippen MR) is 98.2 cm³/mol. The average molecular weight is 398 g/mol. The van der Waals surface area contributed by atoms with E-state index in [0.717, 1.165) is 22.1 Å². The van der Waals surface area contributed by atoms with Crippen LogP contribution in [-0.4, -0.2) is 32.7 Å². The smallest absolute Gasteiger partial charge is 0.253 e. The van der Waals surface area contributed by atoms with E-state index in [1.807, 2.05) is 47.4 Å². The third kappa shape index (κ3) is 2.95. The lowest BCUT2D eigenvalue weighted by Crippen LogP contribution is -2.35. The molecular weight excluding hydrogens is 382 g/mol. The van der Waals surface area contributed by atoms with Crippen molar-refractivity contribution in [2.45, 2.75) is 19.4 Å². The molecular formula is C18H16BrN5O. The van der Waals surface area contributed by atoms with E-state index < -0.39 is 6.04 Å². The van der Waals surface area contributed by atoms with Crippen molar-refractivity contribution < 1.29 is 4.79 Å². The number of benzene rings is 2. The van der Waals surface area contributed by atoms with Crippen LogP contribution in [0.1, 0.15) is 18.5 Å². The molecule has 1 aliphatic heterocycles. The Hall–Kier alpha value is -2.54. The number of rotatable bonds is 3. The zero-order valence-electron chi connectivity index (χ0n) is 13.6. The van der Waals surface area contributed by atoms with Crippen molar-refractivity contribution >= 4 is 27.5 Å². The van der Waals surface area contributed by atoms with Crippen molar-refractivity contribution in [1.29, 1.82) is 0 Å². The highest BCUT2D eigenvalue weighted by molar-refractivity contribution is 9.10. The zero-order chi connectivity index (χ0) is 17.4. The Labute approximate surface area is 153 Å². The molecule has 7 heteroatoms. The van der Waals surface area contributed by atoms with Crippen LogP contribution in [0.5, 0.6) is 0 Å². The van der Waals surface area contributed by atoms with Gasteiger partial charge in [0.05, 0.1) is 0 Å². The normalized spacial score (nSPS) is 14.4. The number of hydrogen-bond acceptors (Lipinski definition) is 4. The molecule has 0 spiro atoms. The monoisotopic (exact) mass is 397 g/mol. The second-order valence-corrected chi connectivity index (χ2v) is 6.90. The lowest BCUT2D eigenvalue weighted by Gasteiger charge is -2.20. The van der Waals surface area contributed by atoms with E-state index >= 15 is 0 Å². The first-order chi connectivity index (χ1) is 12.1. The first-order valence-corrected chi connectivity index (χ1v) is 8.87. The van der Waals surface area contributed by atoms with Gasteiger partial charge < -0.3 is 4.90 Å². The van der Waals surface area contributed by atoms with Crippen LogP contribution in [0.4, 0.5) is 5.69 Å². The number of carbonyl (C=O) groups excluding carboxylic acids is 1. The third-order valence-corrected chi connectivity index (χ3v) is 4.92. The van der Waals surface area contributed by atoms with Gasteiger partial charge in [0.25, 0.3) is 5.91 Å². The highest BCUT2D eigenvalue weighted by Gasteiger charge is 2.29. The van der Waals surface area contributed by atoms with Crippen LogP contribution in [0.3, 0.4) is 0 Å². The second-order valence-electron chi connectivity index (χ2n) is 5.98. The molecule has 0 saturated heterocycles. The molecule has 2 heterocycles. The minimum absolute atomic E-state index is 0.0234. The maximum absolute atomic E-state index is 12.9. The van der Waals surface area contributed by atoms with Crippen LogP contribution < -0.4 is 4.90 Å². The summed E-state index contributed by atoms with van der Waals surface area (Å²) in [5.41, 5.74) is 3.04. The van der Waals surface area contributed by atoms with Crippen LogP contribution in [0, 0.1) is 0 Å². The van der Waals surface area contributed by atoms with E-state index in [-0.39, 0.29) is 5.91 Å². The summed E-state index contributed by atoms with van der Waals surface area (Å²) in [4.78, 5) is 16.1. The van der Waals surface area contributed by atoms with Gasteiger partial charge in [-0.1, -0.05) is 34.1 Å².